The molecule has 7 heteroatoms. The third-order valence-corrected chi connectivity index (χ3v) is 3.43. The van der Waals surface area contributed by atoms with E-state index >= 15 is 0 Å². The van der Waals surface area contributed by atoms with Gasteiger partial charge in [-0.15, -0.1) is 0 Å². The molecule has 1 atom stereocenters. The van der Waals surface area contributed by atoms with Crippen molar-refractivity contribution in [3.05, 3.63) is 41.7 Å². The molecule has 0 fully saturated rings. The molecule has 0 aliphatic carbocycles. The number of hydrogen-bond acceptors (Lipinski definition) is 5. The molecular formula is C16H21N3O4. The lowest BCUT2D eigenvalue weighted by Gasteiger charge is -2.22. The number of nitrogens with one attached hydrogen (secondary N) is 1. The van der Waals surface area contributed by atoms with Crippen LogP contribution in [0.1, 0.15) is 24.3 Å². The largest absolute Gasteiger partial charge is 0.390 e. The molecule has 0 bridgehead atoms. The van der Waals surface area contributed by atoms with Gasteiger partial charge in [0.15, 0.2) is 6.10 Å². The van der Waals surface area contributed by atoms with E-state index in [4.69, 9.17) is 14.7 Å². The molecule has 2 aromatic rings. The van der Waals surface area contributed by atoms with E-state index in [-0.39, 0.29) is 12.5 Å². The molecule has 1 unspecified atom stereocenters. The average molecular weight is 319 g/mol. The molecule has 0 aliphatic heterocycles. The predicted octanol–water partition coefficient (Wildman–Crippen LogP) is 1.67. The van der Waals surface area contributed by atoms with Crippen molar-refractivity contribution in [2.75, 3.05) is 20.8 Å². The Labute approximate surface area is 134 Å². The van der Waals surface area contributed by atoms with E-state index < -0.39 is 6.10 Å². The number of hydrogen-bond donors (Lipinski definition) is 2. The van der Waals surface area contributed by atoms with E-state index in [1.807, 2.05) is 31.2 Å². The van der Waals surface area contributed by atoms with Crippen LogP contribution in [0.3, 0.4) is 0 Å². The van der Waals surface area contributed by atoms with E-state index in [1.54, 1.807) is 13.2 Å². The number of carbonyl (C=O) groups is 1. The van der Waals surface area contributed by atoms with Gasteiger partial charge in [-0.25, -0.2) is 10.0 Å². The number of amides is 1. The molecule has 7 nitrogen and oxygen atoms in total. The summed E-state index contributed by atoms with van der Waals surface area (Å²) in [6.45, 7) is 2.16. The Bertz CT molecular complexity index is 639. The van der Waals surface area contributed by atoms with Gasteiger partial charge in [-0.1, -0.05) is 24.3 Å². The zero-order chi connectivity index (χ0) is 16.8. The highest BCUT2D eigenvalue weighted by Gasteiger charge is 2.24. The van der Waals surface area contributed by atoms with Crippen molar-refractivity contribution in [3.63, 3.8) is 0 Å². The molecule has 1 heterocycles. The van der Waals surface area contributed by atoms with E-state index in [9.17, 15) is 4.79 Å². The van der Waals surface area contributed by atoms with Crippen LogP contribution in [0.2, 0.25) is 0 Å². The number of nitrogens with zero attached hydrogens (tertiary/aromatic N) is 2. The number of carbonyl (C=O) groups excluding carboxylic acids is 1. The number of likely N-dealkylation sites (N-methyl/N-ethyl adjacent to an activating group) is 1. The smallest absolute Gasteiger partial charge is 0.279 e. The SMILES string of the molecule is CCOC(C(=O)N(C)OC)c1ccc(-c2ncc(CO)[nH]2)cc1. The Hall–Kier alpha value is -2.22. The van der Waals surface area contributed by atoms with Gasteiger partial charge in [-0.05, 0) is 12.5 Å². The first-order valence-electron chi connectivity index (χ1n) is 7.29. The van der Waals surface area contributed by atoms with Crippen molar-refractivity contribution >= 4 is 5.91 Å². The molecule has 2 rings (SSSR count). The highest BCUT2D eigenvalue weighted by Crippen LogP contribution is 2.23. The summed E-state index contributed by atoms with van der Waals surface area (Å²) in [7, 11) is 2.97. The highest BCUT2D eigenvalue weighted by atomic mass is 16.7. The van der Waals surface area contributed by atoms with Gasteiger partial charge < -0.3 is 14.8 Å². The number of aromatic amines is 1. The third kappa shape index (κ3) is 3.95. The Morgan fingerprint density at radius 1 is 1.39 bits per heavy atom. The lowest BCUT2D eigenvalue weighted by atomic mass is 10.1. The second-order valence-electron chi connectivity index (χ2n) is 4.89. The zero-order valence-electron chi connectivity index (χ0n) is 13.4. The molecule has 0 aliphatic rings. The number of ether oxygens (including phenoxy) is 1. The Kier molecular flexibility index (Phi) is 5.86. The van der Waals surface area contributed by atoms with Gasteiger partial charge in [0.2, 0.25) is 0 Å². The number of benzene rings is 1. The quantitative estimate of drug-likeness (QED) is 0.758. The number of rotatable bonds is 7. The van der Waals surface area contributed by atoms with Crippen LogP contribution >= 0.6 is 0 Å². The molecule has 0 saturated carbocycles. The summed E-state index contributed by atoms with van der Waals surface area (Å²) in [4.78, 5) is 24.4. The molecule has 1 aromatic carbocycles. The van der Waals surface area contributed by atoms with Gasteiger partial charge in [-0.2, -0.15) is 0 Å². The van der Waals surface area contributed by atoms with Crippen molar-refractivity contribution < 1.29 is 19.5 Å². The highest BCUT2D eigenvalue weighted by molar-refractivity contribution is 5.81. The lowest BCUT2D eigenvalue weighted by molar-refractivity contribution is -0.181. The minimum absolute atomic E-state index is 0.0879. The van der Waals surface area contributed by atoms with Gasteiger partial charge in [-0.3, -0.25) is 9.63 Å². The van der Waals surface area contributed by atoms with E-state index in [1.165, 1.54) is 7.11 Å². The van der Waals surface area contributed by atoms with Gasteiger partial charge in [0.05, 0.1) is 25.6 Å². The fourth-order valence-corrected chi connectivity index (χ4v) is 2.13. The van der Waals surface area contributed by atoms with Gasteiger partial charge in [0.25, 0.3) is 5.91 Å². The zero-order valence-corrected chi connectivity index (χ0v) is 13.4. The summed E-state index contributed by atoms with van der Waals surface area (Å²) >= 11 is 0. The number of aromatic nitrogens is 2. The lowest BCUT2D eigenvalue weighted by Crippen LogP contribution is -2.32. The first-order chi connectivity index (χ1) is 11.1. The molecule has 1 amide bonds. The number of imidazole rings is 1. The normalized spacial score (nSPS) is 12.2. The van der Waals surface area contributed by atoms with Crippen LogP contribution in [-0.2, 0) is 21.0 Å². The van der Waals surface area contributed by atoms with Gasteiger partial charge in [0, 0.05) is 19.2 Å². The van der Waals surface area contributed by atoms with Crippen LogP contribution in [-0.4, -0.2) is 46.8 Å². The van der Waals surface area contributed by atoms with Gasteiger partial charge >= 0.3 is 0 Å². The monoisotopic (exact) mass is 319 g/mol. The van der Waals surface area contributed by atoms with E-state index in [0.717, 1.165) is 16.2 Å². The van der Waals surface area contributed by atoms with E-state index in [2.05, 4.69) is 9.97 Å². The van der Waals surface area contributed by atoms with Crippen LogP contribution in [0.15, 0.2) is 30.5 Å². The minimum atomic E-state index is -0.719. The summed E-state index contributed by atoms with van der Waals surface area (Å²) in [6.07, 6.45) is 0.868. The summed E-state index contributed by atoms with van der Waals surface area (Å²) in [5.74, 6) is 0.386. The maximum atomic E-state index is 12.3. The number of aliphatic hydroxyl groups excluding tert-OH is 1. The average Bonchev–Trinajstić information content (AvgIpc) is 3.07. The molecule has 0 spiro atoms. The topological polar surface area (TPSA) is 87.7 Å². The molecule has 2 N–H and O–H groups in total. The van der Waals surface area contributed by atoms with E-state index in [0.29, 0.717) is 18.1 Å². The molecule has 23 heavy (non-hydrogen) atoms. The third-order valence-electron chi connectivity index (χ3n) is 3.43. The standard InChI is InChI=1S/C16H21N3O4/c1-4-23-14(16(21)19(2)22-3)11-5-7-12(8-6-11)15-17-9-13(10-20)18-15/h5-9,14,20H,4,10H2,1-3H3,(H,17,18). The summed E-state index contributed by atoms with van der Waals surface area (Å²) in [5, 5.41) is 10.2. The van der Waals surface area contributed by atoms with Crippen molar-refractivity contribution in [1.29, 1.82) is 0 Å². The van der Waals surface area contributed by atoms with Crippen molar-refractivity contribution in [1.82, 2.24) is 15.0 Å². The Morgan fingerprint density at radius 2 is 2.09 bits per heavy atom. The fourth-order valence-electron chi connectivity index (χ4n) is 2.13. The molecule has 0 radical (unpaired) electrons. The summed E-state index contributed by atoms with van der Waals surface area (Å²) in [6, 6.07) is 7.33. The minimum Gasteiger partial charge on any atom is -0.390 e. The second-order valence-corrected chi connectivity index (χ2v) is 4.89. The van der Waals surface area contributed by atoms with Crippen LogP contribution in [0, 0.1) is 0 Å². The van der Waals surface area contributed by atoms with Crippen molar-refractivity contribution in [2.45, 2.75) is 19.6 Å². The number of hydroxylamine groups is 2. The maximum absolute atomic E-state index is 12.3. The molecule has 124 valence electrons. The van der Waals surface area contributed by atoms with Crippen LogP contribution in [0.5, 0.6) is 0 Å². The van der Waals surface area contributed by atoms with Crippen molar-refractivity contribution in [3.8, 4) is 11.4 Å². The first kappa shape index (κ1) is 17.1. The van der Waals surface area contributed by atoms with Crippen molar-refractivity contribution in [2.24, 2.45) is 0 Å². The second kappa shape index (κ2) is 7.87. The maximum Gasteiger partial charge on any atom is 0.279 e. The first-order valence-corrected chi connectivity index (χ1v) is 7.29. The molecule has 1 aromatic heterocycles. The fraction of sp³-hybridized carbons (Fsp3) is 0.375. The molecule has 0 saturated heterocycles. The molecular weight excluding hydrogens is 298 g/mol. The van der Waals surface area contributed by atoms with Crippen LogP contribution < -0.4 is 0 Å². The van der Waals surface area contributed by atoms with Crippen LogP contribution in [0.4, 0.5) is 0 Å². The predicted molar refractivity (Wildman–Crippen MR) is 84.1 cm³/mol. The summed E-state index contributed by atoms with van der Waals surface area (Å²) < 4.78 is 5.55. The Morgan fingerprint density at radius 3 is 2.61 bits per heavy atom. The number of aliphatic hydroxyl groups is 1. The van der Waals surface area contributed by atoms with Gasteiger partial charge in [0.1, 0.15) is 5.82 Å². The Balaban J connectivity index is 2.23. The summed E-state index contributed by atoms with van der Waals surface area (Å²) in [5.41, 5.74) is 2.24. The number of H-pyrrole nitrogens is 1. The van der Waals surface area contributed by atoms with Crippen LogP contribution in [0.25, 0.3) is 11.4 Å².